The highest BCUT2D eigenvalue weighted by molar-refractivity contribution is 9.10. The van der Waals surface area contributed by atoms with Gasteiger partial charge in [-0.3, -0.25) is 4.68 Å². The van der Waals surface area contributed by atoms with Crippen molar-refractivity contribution < 1.29 is 0 Å². The molecule has 0 saturated carbocycles. The second-order valence-electron chi connectivity index (χ2n) is 4.28. The maximum atomic E-state index is 5.94. The number of rotatable bonds is 5. The van der Waals surface area contributed by atoms with Crippen molar-refractivity contribution in [2.24, 2.45) is 7.05 Å². The van der Waals surface area contributed by atoms with Crippen LogP contribution in [-0.2, 0) is 13.6 Å². The average molecular weight is 309 g/mol. The van der Waals surface area contributed by atoms with E-state index < -0.39 is 0 Å². The van der Waals surface area contributed by atoms with Crippen LogP contribution in [0.15, 0.2) is 4.47 Å². The fraction of sp³-hybridized carbons (Fsp3) is 0.727. The van der Waals surface area contributed by atoms with Crippen molar-refractivity contribution in [2.75, 3.05) is 13.6 Å². The lowest BCUT2D eigenvalue weighted by Crippen LogP contribution is -2.22. The van der Waals surface area contributed by atoms with E-state index in [1.807, 2.05) is 25.6 Å². The highest BCUT2D eigenvalue weighted by Crippen LogP contribution is 2.21. The van der Waals surface area contributed by atoms with E-state index in [-0.39, 0.29) is 5.38 Å². The number of aromatic nitrogens is 2. The van der Waals surface area contributed by atoms with Crippen molar-refractivity contribution in [3.8, 4) is 0 Å². The summed E-state index contributed by atoms with van der Waals surface area (Å²) in [6, 6.07) is 0. The molecule has 0 saturated heterocycles. The monoisotopic (exact) mass is 307 g/mol. The molecule has 1 unspecified atom stereocenters. The molecule has 0 aromatic carbocycles. The van der Waals surface area contributed by atoms with Crippen molar-refractivity contribution in [2.45, 2.75) is 32.2 Å². The molecule has 1 aromatic heterocycles. The topological polar surface area (TPSA) is 21.1 Å². The van der Waals surface area contributed by atoms with Gasteiger partial charge in [-0.2, -0.15) is 5.10 Å². The minimum atomic E-state index is 0.235. The summed E-state index contributed by atoms with van der Waals surface area (Å²) in [5.74, 6) is 0. The number of hydrogen-bond acceptors (Lipinski definition) is 2. The van der Waals surface area contributed by atoms with Gasteiger partial charge < -0.3 is 4.90 Å². The maximum absolute atomic E-state index is 5.94. The van der Waals surface area contributed by atoms with Crippen LogP contribution < -0.4 is 0 Å². The number of aryl methyl sites for hydroxylation is 2. The van der Waals surface area contributed by atoms with Crippen LogP contribution in [0.2, 0.25) is 0 Å². The first-order chi connectivity index (χ1) is 7.41. The Morgan fingerprint density at radius 1 is 1.56 bits per heavy atom. The standard InChI is InChI=1S/C11H19BrClN3/c1-8(13)5-6-15(3)7-10-11(12)9(2)14-16(10)4/h8H,5-7H2,1-4H3. The van der Waals surface area contributed by atoms with Crippen LogP contribution in [0.4, 0.5) is 0 Å². The second kappa shape index (κ2) is 6.03. The van der Waals surface area contributed by atoms with Crippen LogP contribution in [0.3, 0.4) is 0 Å². The van der Waals surface area contributed by atoms with Crippen LogP contribution in [0.25, 0.3) is 0 Å². The molecule has 0 amide bonds. The average Bonchev–Trinajstić information content (AvgIpc) is 2.42. The Kier molecular flexibility index (Phi) is 5.28. The molecule has 16 heavy (non-hydrogen) atoms. The number of halogens is 2. The lowest BCUT2D eigenvalue weighted by Gasteiger charge is -2.17. The fourth-order valence-electron chi connectivity index (χ4n) is 1.58. The molecule has 0 radical (unpaired) electrons. The molecule has 1 rings (SSSR count). The molecule has 0 bridgehead atoms. The van der Waals surface area contributed by atoms with E-state index in [4.69, 9.17) is 11.6 Å². The van der Waals surface area contributed by atoms with Gasteiger partial charge in [0.1, 0.15) is 0 Å². The van der Waals surface area contributed by atoms with Crippen molar-refractivity contribution in [3.05, 3.63) is 15.9 Å². The van der Waals surface area contributed by atoms with Crippen LogP contribution in [-0.4, -0.2) is 33.6 Å². The summed E-state index contributed by atoms with van der Waals surface area (Å²) in [5, 5.41) is 4.61. The van der Waals surface area contributed by atoms with E-state index in [2.05, 4.69) is 33.0 Å². The highest BCUT2D eigenvalue weighted by Gasteiger charge is 2.12. The number of alkyl halides is 1. The summed E-state index contributed by atoms with van der Waals surface area (Å²) >= 11 is 9.51. The van der Waals surface area contributed by atoms with Crippen LogP contribution >= 0.6 is 27.5 Å². The third kappa shape index (κ3) is 3.75. The van der Waals surface area contributed by atoms with Gasteiger partial charge in [0, 0.05) is 19.0 Å². The lowest BCUT2D eigenvalue weighted by molar-refractivity contribution is 0.312. The van der Waals surface area contributed by atoms with Gasteiger partial charge in [-0.05, 0) is 49.8 Å². The van der Waals surface area contributed by atoms with Gasteiger partial charge in [0.05, 0.1) is 15.9 Å². The Labute approximate surface area is 111 Å². The molecule has 1 heterocycles. The Bertz CT molecular complexity index is 349. The maximum Gasteiger partial charge on any atom is 0.0739 e. The van der Waals surface area contributed by atoms with Crippen molar-refractivity contribution in [1.29, 1.82) is 0 Å². The minimum Gasteiger partial charge on any atom is -0.300 e. The van der Waals surface area contributed by atoms with Gasteiger partial charge in [-0.1, -0.05) is 0 Å². The van der Waals surface area contributed by atoms with E-state index in [0.29, 0.717) is 0 Å². The Morgan fingerprint density at radius 2 is 2.19 bits per heavy atom. The minimum absolute atomic E-state index is 0.235. The summed E-state index contributed by atoms with van der Waals surface area (Å²) < 4.78 is 3.04. The molecule has 5 heteroatoms. The second-order valence-corrected chi connectivity index (χ2v) is 5.81. The first-order valence-electron chi connectivity index (χ1n) is 5.42. The normalized spacial score (nSPS) is 13.4. The molecule has 1 aromatic rings. The zero-order valence-corrected chi connectivity index (χ0v) is 12.6. The van der Waals surface area contributed by atoms with Gasteiger partial charge in [0.2, 0.25) is 0 Å². The van der Waals surface area contributed by atoms with Crippen LogP contribution in [0.5, 0.6) is 0 Å². The molecule has 0 spiro atoms. The van der Waals surface area contributed by atoms with Gasteiger partial charge in [0.15, 0.2) is 0 Å². The van der Waals surface area contributed by atoms with Crippen LogP contribution in [0, 0.1) is 6.92 Å². The summed E-state index contributed by atoms with van der Waals surface area (Å²) in [6.07, 6.45) is 1.01. The molecular weight excluding hydrogens is 289 g/mol. The van der Waals surface area contributed by atoms with Crippen molar-refractivity contribution in [1.82, 2.24) is 14.7 Å². The Hall–Kier alpha value is -0.0600. The van der Waals surface area contributed by atoms with Gasteiger partial charge in [-0.15, -0.1) is 11.6 Å². The first-order valence-corrected chi connectivity index (χ1v) is 6.65. The summed E-state index contributed by atoms with van der Waals surface area (Å²) in [5.41, 5.74) is 2.25. The molecule has 0 fully saturated rings. The fourth-order valence-corrected chi connectivity index (χ4v) is 2.14. The Morgan fingerprint density at radius 3 is 2.62 bits per heavy atom. The molecule has 0 N–H and O–H groups in total. The number of hydrogen-bond donors (Lipinski definition) is 0. The van der Waals surface area contributed by atoms with E-state index in [1.165, 1.54) is 5.69 Å². The molecule has 3 nitrogen and oxygen atoms in total. The van der Waals surface area contributed by atoms with E-state index in [1.54, 1.807) is 0 Å². The smallest absolute Gasteiger partial charge is 0.0739 e. The quantitative estimate of drug-likeness (QED) is 0.780. The lowest BCUT2D eigenvalue weighted by atomic mass is 10.3. The Balaban J connectivity index is 2.59. The molecule has 0 aliphatic heterocycles. The van der Waals surface area contributed by atoms with Crippen molar-refractivity contribution in [3.63, 3.8) is 0 Å². The number of nitrogens with zero attached hydrogens (tertiary/aromatic N) is 3. The van der Waals surface area contributed by atoms with Gasteiger partial charge in [0.25, 0.3) is 0 Å². The first kappa shape index (κ1) is 14.0. The third-order valence-electron chi connectivity index (χ3n) is 2.59. The summed E-state index contributed by atoms with van der Waals surface area (Å²) in [4.78, 5) is 2.26. The molecule has 1 atom stereocenters. The van der Waals surface area contributed by atoms with E-state index >= 15 is 0 Å². The molecule has 92 valence electrons. The van der Waals surface area contributed by atoms with Gasteiger partial charge in [-0.25, -0.2) is 0 Å². The van der Waals surface area contributed by atoms with E-state index in [9.17, 15) is 0 Å². The summed E-state index contributed by atoms with van der Waals surface area (Å²) in [7, 11) is 4.08. The highest BCUT2D eigenvalue weighted by atomic mass is 79.9. The molecular formula is C11H19BrClN3. The SMILES string of the molecule is Cc1nn(C)c(CN(C)CCC(C)Cl)c1Br. The predicted molar refractivity (Wildman–Crippen MR) is 71.9 cm³/mol. The summed E-state index contributed by atoms with van der Waals surface area (Å²) in [6.45, 7) is 5.93. The van der Waals surface area contributed by atoms with E-state index in [0.717, 1.165) is 29.7 Å². The molecule has 0 aliphatic carbocycles. The van der Waals surface area contributed by atoms with Gasteiger partial charge >= 0.3 is 0 Å². The van der Waals surface area contributed by atoms with Crippen LogP contribution in [0.1, 0.15) is 24.7 Å². The largest absolute Gasteiger partial charge is 0.300 e. The zero-order valence-electron chi connectivity index (χ0n) is 10.3. The third-order valence-corrected chi connectivity index (χ3v) is 3.84. The zero-order chi connectivity index (χ0) is 12.3. The predicted octanol–water partition coefficient (Wildman–Crippen LogP) is 2.94. The molecule has 0 aliphatic rings. The van der Waals surface area contributed by atoms with Crippen molar-refractivity contribution >= 4 is 27.5 Å².